The van der Waals surface area contributed by atoms with Gasteiger partial charge in [-0.1, -0.05) is 17.8 Å². The van der Waals surface area contributed by atoms with Crippen LogP contribution in [0.2, 0.25) is 0 Å². The molecule has 0 saturated carbocycles. The van der Waals surface area contributed by atoms with Crippen LogP contribution in [-0.4, -0.2) is 27.7 Å². The molecule has 0 bridgehead atoms. The van der Waals surface area contributed by atoms with Gasteiger partial charge in [0.2, 0.25) is 0 Å². The molecule has 4 rings (SSSR count). The van der Waals surface area contributed by atoms with Gasteiger partial charge in [-0.3, -0.25) is 15.0 Å². The van der Waals surface area contributed by atoms with Gasteiger partial charge in [0.15, 0.2) is 0 Å². The fourth-order valence-electron chi connectivity index (χ4n) is 2.74. The average molecular weight is 323 g/mol. The van der Waals surface area contributed by atoms with E-state index < -0.39 is 0 Å². The van der Waals surface area contributed by atoms with Crippen LogP contribution < -0.4 is 0 Å². The Morgan fingerprint density at radius 2 is 2.13 bits per heavy atom. The fraction of sp³-hybridized carbons (Fsp3) is 0.167. The number of fused-ring (bicyclic) bond motifs is 1. The number of thioether (sulfide) groups is 1. The summed E-state index contributed by atoms with van der Waals surface area (Å²) >= 11 is 1.63. The molecule has 2 aromatic rings. The van der Waals surface area contributed by atoms with Crippen LogP contribution in [0.4, 0.5) is 4.39 Å². The van der Waals surface area contributed by atoms with Crippen molar-refractivity contribution in [1.82, 2.24) is 4.98 Å². The summed E-state index contributed by atoms with van der Waals surface area (Å²) < 4.78 is 13.5. The quantitative estimate of drug-likeness (QED) is 0.837. The van der Waals surface area contributed by atoms with Gasteiger partial charge in [-0.05, 0) is 48.9 Å². The van der Waals surface area contributed by atoms with Gasteiger partial charge in [-0.25, -0.2) is 4.39 Å². The van der Waals surface area contributed by atoms with Crippen LogP contribution in [-0.2, 0) is 0 Å². The SMILES string of the molecule is Cc1cc(-c2ncccc2C2=NC3SC=NC3C=C2)ccc1F. The van der Waals surface area contributed by atoms with Gasteiger partial charge in [-0.2, -0.15) is 0 Å². The highest BCUT2D eigenvalue weighted by atomic mass is 32.2. The first-order chi connectivity index (χ1) is 11.2. The molecule has 0 radical (unpaired) electrons. The number of aryl methyl sites for hydroxylation is 1. The van der Waals surface area contributed by atoms with Crippen molar-refractivity contribution in [2.24, 2.45) is 9.98 Å². The van der Waals surface area contributed by atoms with Crippen LogP contribution in [0.15, 0.2) is 58.7 Å². The number of benzene rings is 1. The topological polar surface area (TPSA) is 37.6 Å². The molecule has 0 aliphatic carbocycles. The second-order valence-corrected chi connectivity index (χ2v) is 6.47. The molecule has 2 aliphatic rings. The van der Waals surface area contributed by atoms with Crippen LogP contribution in [0.25, 0.3) is 11.3 Å². The van der Waals surface area contributed by atoms with Crippen molar-refractivity contribution in [3.8, 4) is 11.3 Å². The number of rotatable bonds is 2. The number of hydrogen-bond acceptors (Lipinski definition) is 4. The Bertz CT molecular complexity index is 857. The third-order valence-electron chi connectivity index (χ3n) is 3.96. The maximum Gasteiger partial charge on any atom is 0.127 e. The Balaban J connectivity index is 1.79. The van der Waals surface area contributed by atoms with Crippen molar-refractivity contribution in [3.05, 3.63) is 65.6 Å². The zero-order valence-corrected chi connectivity index (χ0v) is 13.3. The average Bonchev–Trinajstić information content (AvgIpc) is 3.05. The number of allylic oxidation sites excluding steroid dienone is 1. The molecule has 0 N–H and O–H groups in total. The van der Waals surface area contributed by atoms with Gasteiger partial charge in [0.25, 0.3) is 0 Å². The molecule has 0 amide bonds. The Labute approximate surface area is 138 Å². The molecular weight excluding hydrogens is 309 g/mol. The Morgan fingerprint density at radius 3 is 3.00 bits per heavy atom. The molecule has 114 valence electrons. The van der Waals surface area contributed by atoms with E-state index in [4.69, 9.17) is 4.99 Å². The number of halogens is 1. The van der Waals surface area contributed by atoms with Crippen molar-refractivity contribution >= 4 is 23.0 Å². The van der Waals surface area contributed by atoms with Gasteiger partial charge in [-0.15, -0.1) is 0 Å². The van der Waals surface area contributed by atoms with Gasteiger partial charge in [0, 0.05) is 17.3 Å². The fourth-order valence-corrected chi connectivity index (χ4v) is 3.57. The molecule has 2 aliphatic heterocycles. The van der Waals surface area contributed by atoms with Crippen LogP contribution in [0.1, 0.15) is 11.1 Å². The molecule has 2 unspecified atom stereocenters. The van der Waals surface area contributed by atoms with E-state index in [1.807, 2.05) is 29.8 Å². The lowest BCUT2D eigenvalue weighted by atomic mass is 9.99. The summed E-state index contributed by atoms with van der Waals surface area (Å²) in [5.41, 5.74) is 6.05. The standard InChI is InChI=1S/C18H14FN3S/c1-11-9-12(4-5-14(11)19)17-13(3-2-8-20-17)15-6-7-16-18(22-15)23-10-21-16/h2-10,16,18H,1H3. The number of aromatic nitrogens is 1. The van der Waals surface area contributed by atoms with Crippen molar-refractivity contribution in [3.63, 3.8) is 0 Å². The van der Waals surface area contributed by atoms with Crippen LogP contribution >= 0.6 is 11.8 Å². The second-order valence-electron chi connectivity index (χ2n) is 5.51. The molecule has 0 fully saturated rings. The molecule has 3 heterocycles. The molecule has 23 heavy (non-hydrogen) atoms. The first-order valence-corrected chi connectivity index (χ1v) is 8.32. The van der Waals surface area contributed by atoms with Gasteiger partial charge >= 0.3 is 0 Å². The highest BCUT2D eigenvalue weighted by Crippen LogP contribution is 2.30. The van der Waals surface area contributed by atoms with E-state index >= 15 is 0 Å². The summed E-state index contributed by atoms with van der Waals surface area (Å²) in [6.45, 7) is 1.76. The third kappa shape index (κ3) is 2.61. The minimum absolute atomic E-state index is 0.109. The summed E-state index contributed by atoms with van der Waals surface area (Å²) in [4.78, 5) is 13.7. The molecule has 2 atom stereocenters. The van der Waals surface area contributed by atoms with Gasteiger partial charge < -0.3 is 0 Å². The smallest absolute Gasteiger partial charge is 0.127 e. The van der Waals surface area contributed by atoms with E-state index in [0.29, 0.717) is 5.56 Å². The van der Waals surface area contributed by atoms with Crippen molar-refractivity contribution in [2.45, 2.75) is 18.3 Å². The molecule has 1 aromatic carbocycles. The third-order valence-corrected chi connectivity index (χ3v) is 4.86. The van der Waals surface area contributed by atoms with E-state index in [1.54, 1.807) is 30.9 Å². The lowest BCUT2D eigenvalue weighted by Crippen LogP contribution is -2.20. The highest BCUT2D eigenvalue weighted by Gasteiger charge is 2.26. The van der Waals surface area contributed by atoms with Crippen LogP contribution in [0.5, 0.6) is 0 Å². The molecule has 3 nitrogen and oxygen atoms in total. The number of aliphatic imine (C=N–C) groups is 2. The molecule has 0 saturated heterocycles. The van der Waals surface area contributed by atoms with E-state index in [1.165, 1.54) is 6.07 Å². The maximum absolute atomic E-state index is 13.5. The largest absolute Gasteiger partial charge is 0.276 e. The Morgan fingerprint density at radius 1 is 1.22 bits per heavy atom. The molecule has 0 spiro atoms. The summed E-state index contributed by atoms with van der Waals surface area (Å²) in [6, 6.07) is 9.11. The highest BCUT2D eigenvalue weighted by molar-refractivity contribution is 8.12. The van der Waals surface area contributed by atoms with Gasteiger partial charge in [0.1, 0.15) is 17.2 Å². The second kappa shape index (κ2) is 5.74. The zero-order chi connectivity index (χ0) is 15.8. The first-order valence-electron chi connectivity index (χ1n) is 7.37. The van der Waals surface area contributed by atoms with Crippen LogP contribution in [0, 0.1) is 12.7 Å². The minimum Gasteiger partial charge on any atom is -0.276 e. The number of dihydropyridines is 1. The van der Waals surface area contributed by atoms with Crippen molar-refractivity contribution in [1.29, 1.82) is 0 Å². The first kappa shape index (κ1) is 14.3. The molecule has 5 heteroatoms. The maximum atomic E-state index is 13.5. The summed E-state index contributed by atoms with van der Waals surface area (Å²) in [5.74, 6) is -0.205. The molecular formula is C18H14FN3S. The monoisotopic (exact) mass is 323 g/mol. The summed E-state index contributed by atoms with van der Waals surface area (Å²) in [6.07, 6.45) is 5.83. The van der Waals surface area contributed by atoms with Crippen LogP contribution in [0.3, 0.4) is 0 Å². The Hall–Kier alpha value is -2.27. The minimum atomic E-state index is -0.205. The normalized spacial score (nSPS) is 22.1. The number of pyridine rings is 1. The number of nitrogens with zero attached hydrogens (tertiary/aromatic N) is 3. The van der Waals surface area contributed by atoms with Gasteiger partial charge in [0.05, 0.1) is 17.0 Å². The molecule has 1 aromatic heterocycles. The predicted molar refractivity (Wildman–Crippen MR) is 93.7 cm³/mol. The van der Waals surface area contributed by atoms with E-state index in [9.17, 15) is 4.39 Å². The van der Waals surface area contributed by atoms with Crippen molar-refractivity contribution in [2.75, 3.05) is 0 Å². The van der Waals surface area contributed by atoms with E-state index in [2.05, 4.69) is 16.1 Å². The van der Waals surface area contributed by atoms with E-state index in [0.717, 1.165) is 22.5 Å². The van der Waals surface area contributed by atoms with Crippen molar-refractivity contribution < 1.29 is 4.39 Å². The summed E-state index contributed by atoms with van der Waals surface area (Å²) in [7, 11) is 0. The zero-order valence-electron chi connectivity index (χ0n) is 12.5. The Kier molecular flexibility index (Phi) is 3.58. The lowest BCUT2D eigenvalue weighted by molar-refractivity contribution is 0.619. The summed E-state index contributed by atoms with van der Waals surface area (Å²) in [5, 5.41) is 0.109. The number of hydrogen-bond donors (Lipinski definition) is 0. The lowest BCUT2D eigenvalue weighted by Gasteiger charge is -2.18. The predicted octanol–water partition coefficient (Wildman–Crippen LogP) is 4.02. The van der Waals surface area contributed by atoms with E-state index in [-0.39, 0.29) is 17.2 Å².